The summed E-state index contributed by atoms with van der Waals surface area (Å²) in [4.78, 5) is 27.7. The molecular weight excluding hydrogens is 440 g/mol. The standard InChI is InChI=1S/C23H24FN3O2.2ClH/c24-19-6-7-22-20(14-19)21(23(29)17-28)16-27(22)13-12-25-8-10-26(11-9-25)15-18-4-2-1-3-5-18;;/h1-7,14,16-17H,8-13,15H2;2*1H. The predicted octanol–water partition coefficient (Wildman–Crippen LogP) is 3.82. The van der Waals surface area contributed by atoms with Gasteiger partial charge in [-0.15, -0.1) is 24.8 Å². The van der Waals surface area contributed by atoms with Crippen molar-refractivity contribution >= 4 is 47.8 Å². The van der Waals surface area contributed by atoms with Gasteiger partial charge in [0.1, 0.15) is 5.82 Å². The summed E-state index contributed by atoms with van der Waals surface area (Å²) in [7, 11) is 0. The second kappa shape index (κ2) is 11.4. The number of carbonyl (C=O) groups is 2. The third-order valence-corrected chi connectivity index (χ3v) is 5.59. The minimum Gasteiger partial charge on any atom is -0.345 e. The fourth-order valence-electron chi connectivity index (χ4n) is 3.98. The average Bonchev–Trinajstić information content (AvgIpc) is 3.11. The molecule has 0 saturated carbocycles. The molecule has 166 valence electrons. The van der Waals surface area contributed by atoms with Crippen LogP contribution in [0.1, 0.15) is 15.9 Å². The molecule has 3 aromatic rings. The zero-order valence-corrected chi connectivity index (χ0v) is 18.7. The lowest BCUT2D eigenvalue weighted by Crippen LogP contribution is -2.46. The number of benzene rings is 2. The van der Waals surface area contributed by atoms with Crippen LogP contribution in [0.15, 0.2) is 54.7 Å². The van der Waals surface area contributed by atoms with Gasteiger partial charge in [-0.05, 0) is 23.8 Å². The van der Waals surface area contributed by atoms with Gasteiger partial charge < -0.3 is 4.57 Å². The molecule has 1 aliphatic rings. The van der Waals surface area contributed by atoms with Crippen molar-refractivity contribution in [1.29, 1.82) is 0 Å². The van der Waals surface area contributed by atoms with E-state index in [1.165, 1.54) is 17.7 Å². The maximum atomic E-state index is 13.6. The van der Waals surface area contributed by atoms with Crippen molar-refractivity contribution in [3.63, 3.8) is 0 Å². The third-order valence-electron chi connectivity index (χ3n) is 5.59. The molecule has 2 heterocycles. The molecule has 5 nitrogen and oxygen atoms in total. The highest BCUT2D eigenvalue weighted by atomic mass is 35.5. The van der Waals surface area contributed by atoms with Gasteiger partial charge in [-0.25, -0.2) is 4.39 Å². The van der Waals surface area contributed by atoms with Gasteiger partial charge in [0.05, 0.1) is 5.56 Å². The van der Waals surface area contributed by atoms with Crippen LogP contribution in [-0.4, -0.2) is 59.2 Å². The summed E-state index contributed by atoms with van der Waals surface area (Å²) in [5, 5.41) is 0.495. The van der Waals surface area contributed by atoms with Crippen molar-refractivity contribution in [3.05, 3.63) is 71.7 Å². The Kier molecular flexibility index (Phi) is 9.19. The van der Waals surface area contributed by atoms with Gasteiger partial charge in [-0.3, -0.25) is 19.4 Å². The van der Waals surface area contributed by atoms with Crippen LogP contribution in [-0.2, 0) is 17.9 Å². The fourth-order valence-corrected chi connectivity index (χ4v) is 3.98. The van der Waals surface area contributed by atoms with Crippen LogP contribution in [0.5, 0.6) is 0 Å². The first-order valence-corrected chi connectivity index (χ1v) is 9.90. The minimum atomic E-state index is -0.617. The summed E-state index contributed by atoms with van der Waals surface area (Å²) in [5.74, 6) is -1.03. The highest BCUT2D eigenvalue weighted by Gasteiger charge is 2.19. The average molecular weight is 466 g/mol. The molecule has 8 heteroatoms. The smallest absolute Gasteiger partial charge is 0.227 e. The first-order chi connectivity index (χ1) is 14.1. The van der Waals surface area contributed by atoms with Gasteiger partial charge >= 0.3 is 0 Å². The molecule has 0 spiro atoms. The molecule has 1 saturated heterocycles. The third kappa shape index (κ3) is 5.92. The number of aldehydes is 1. The summed E-state index contributed by atoms with van der Waals surface area (Å²) in [6.07, 6.45) is 1.96. The van der Waals surface area contributed by atoms with E-state index in [9.17, 15) is 14.0 Å². The number of halogens is 3. The van der Waals surface area contributed by atoms with Gasteiger partial charge in [-0.1, -0.05) is 30.3 Å². The SMILES string of the molecule is Cl.Cl.O=CC(=O)c1cn(CCN2CCN(Cc3ccccc3)CC2)c2ccc(F)cc12. The van der Waals surface area contributed by atoms with E-state index in [1.807, 2.05) is 10.6 Å². The van der Waals surface area contributed by atoms with Gasteiger partial charge in [0.25, 0.3) is 0 Å². The van der Waals surface area contributed by atoms with Crippen molar-refractivity contribution in [2.24, 2.45) is 0 Å². The van der Waals surface area contributed by atoms with Crippen molar-refractivity contribution in [1.82, 2.24) is 14.4 Å². The molecule has 0 aliphatic carbocycles. The van der Waals surface area contributed by atoms with E-state index in [-0.39, 0.29) is 36.7 Å². The molecule has 2 aromatic carbocycles. The summed E-state index contributed by atoms with van der Waals surface area (Å²) in [6.45, 7) is 6.51. The van der Waals surface area contributed by atoms with Crippen LogP contribution in [0.25, 0.3) is 10.9 Å². The van der Waals surface area contributed by atoms with E-state index in [1.54, 1.807) is 12.3 Å². The fraction of sp³-hybridized carbons (Fsp3) is 0.304. The molecule has 0 radical (unpaired) electrons. The van der Waals surface area contributed by atoms with Crippen LogP contribution in [0.3, 0.4) is 0 Å². The summed E-state index contributed by atoms with van der Waals surface area (Å²) in [5.41, 5.74) is 2.38. The maximum absolute atomic E-state index is 13.6. The van der Waals surface area contributed by atoms with Gasteiger partial charge in [0, 0.05) is 62.9 Å². The first kappa shape index (κ1) is 25.0. The number of fused-ring (bicyclic) bond motifs is 1. The maximum Gasteiger partial charge on any atom is 0.227 e. The van der Waals surface area contributed by atoms with Crippen molar-refractivity contribution in [2.75, 3.05) is 32.7 Å². The zero-order valence-electron chi connectivity index (χ0n) is 17.1. The van der Waals surface area contributed by atoms with Crippen LogP contribution >= 0.6 is 24.8 Å². The van der Waals surface area contributed by atoms with E-state index >= 15 is 0 Å². The number of hydrogen-bond donors (Lipinski definition) is 0. The first-order valence-electron chi connectivity index (χ1n) is 9.90. The lowest BCUT2D eigenvalue weighted by molar-refractivity contribution is -0.104. The Hall–Kier alpha value is -2.25. The van der Waals surface area contributed by atoms with E-state index in [0.717, 1.165) is 44.8 Å². The number of Topliss-reactive ketones (excluding diaryl/α,β-unsaturated/α-hetero) is 1. The molecular formula is C23H26Cl2FN3O2. The number of hydrogen-bond acceptors (Lipinski definition) is 4. The number of aromatic nitrogens is 1. The Labute approximate surface area is 193 Å². The Bertz CT molecular complexity index is 1020. The summed E-state index contributed by atoms with van der Waals surface area (Å²) >= 11 is 0. The van der Waals surface area contributed by atoms with E-state index in [2.05, 4.69) is 34.1 Å². The number of rotatable bonds is 7. The minimum absolute atomic E-state index is 0. The number of nitrogens with zero attached hydrogens (tertiary/aromatic N) is 3. The lowest BCUT2D eigenvalue weighted by Gasteiger charge is -2.34. The highest BCUT2D eigenvalue weighted by Crippen LogP contribution is 2.23. The quantitative estimate of drug-likeness (QED) is 0.302. The molecule has 0 atom stereocenters. The number of carbonyl (C=O) groups excluding carboxylic acids is 2. The monoisotopic (exact) mass is 465 g/mol. The normalized spacial score (nSPS) is 14.6. The Morgan fingerprint density at radius 3 is 2.29 bits per heavy atom. The Balaban J connectivity index is 0.00000171. The Morgan fingerprint density at radius 1 is 0.935 bits per heavy atom. The largest absolute Gasteiger partial charge is 0.345 e. The van der Waals surface area contributed by atoms with Crippen LogP contribution < -0.4 is 0 Å². The number of ketones is 1. The van der Waals surface area contributed by atoms with Gasteiger partial charge in [-0.2, -0.15) is 0 Å². The molecule has 31 heavy (non-hydrogen) atoms. The second-order valence-electron chi connectivity index (χ2n) is 7.48. The Morgan fingerprint density at radius 2 is 1.61 bits per heavy atom. The topological polar surface area (TPSA) is 45.6 Å². The van der Waals surface area contributed by atoms with E-state index < -0.39 is 11.6 Å². The molecule has 4 rings (SSSR count). The van der Waals surface area contributed by atoms with Crippen molar-refractivity contribution in [2.45, 2.75) is 13.1 Å². The summed E-state index contributed by atoms with van der Waals surface area (Å²) < 4.78 is 15.6. The molecule has 1 aliphatic heterocycles. The van der Waals surface area contributed by atoms with Crippen molar-refractivity contribution in [3.8, 4) is 0 Å². The number of piperazine rings is 1. The second-order valence-corrected chi connectivity index (χ2v) is 7.48. The molecule has 1 fully saturated rings. The molecule has 0 amide bonds. The highest BCUT2D eigenvalue weighted by molar-refractivity contribution is 6.36. The summed E-state index contributed by atoms with van der Waals surface area (Å²) in [6, 6.07) is 14.9. The van der Waals surface area contributed by atoms with Crippen LogP contribution in [0, 0.1) is 5.82 Å². The van der Waals surface area contributed by atoms with E-state index in [0.29, 0.717) is 11.9 Å². The lowest BCUT2D eigenvalue weighted by atomic mass is 10.1. The molecule has 0 N–H and O–H groups in total. The van der Waals surface area contributed by atoms with E-state index in [4.69, 9.17) is 0 Å². The molecule has 0 bridgehead atoms. The zero-order chi connectivity index (χ0) is 20.2. The van der Waals surface area contributed by atoms with Crippen LogP contribution in [0.4, 0.5) is 4.39 Å². The van der Waals surface area contributed by atoms with Crippen LogP contribution in [0.2, 0.25) is 0 Å². The predicted molar refractivity (Wildman–Crippen MR) is 125 cm³/mol. The molecule has 1 aromatic heterocycles. The molecule has 0 unspecified atom stereocenters. The van der Waals surface area contributed by atoms with Crippen molar-refractivity contribution < 1.29 is 14.0 Å². The van der Waals surface area contributed by atoms with Gasteiger partial charge in [0.15, 0.2) is 6.29 Å². The van der Waals surface area contributed by atoms with Gasteiger partial charge in [0.2, 0.25) is 5.78 Å².